The Morgan fingerprint density at radius 3 is 2.82 bits per heavy atom. The van der Waals surface area contributed by atoms with Gasteiger partial charge in [-0.3, -0.25) is 0 Å². The third kappa shape index (κ3) is 2.60. The molecule has 1 rings (SSSR count). The molecule has 0 unspecified atom stereocenters. The molecule has 0 amide bonds. The Hall–Kier alpha value is -1.02. The second kappa shape index (κ2) is 3.39. The first-order valence-corrected chi connectivity index (χ1v) is 3.51. The number of nitrogens with zero attached hydrogens (tertiary/aromatic N) is 1. The van der Waals surface area contributed by atoms with Gasteiger partial charge in [0, 0.05) is 0 Å². The van der Waals surface area contributed by atoms with Crippen LogP contribution in [0.3, 0.4) is 0 Å². The molecule has 58 valence electrons. The molecule has 3 heteroatoms. The van der Waals surface area contributed by atoms with Crippen LogP contribution >= 0.6 is 11.6 Å². The van der Waals surface area contributed by atoms with Gasteiger partial charge in [0.15, 0.2) is 0 Å². The molecule has 2 nitrogen and oxygen atoms in total. The summed E-state index contributed by atoms with van der Waals surface area (Å²) in [6.07, 6.45) is 1.55. The topological polar surface area (TPSA) is 22.1 Å². The smallest absolute Gasteiger partial charge is 0.145 e. The average molecular weight is 170 g/mol. The van der Waals surface area contributed by atoms with Crippen LogP contribution in [0.2, 0.25) is 5.15 Å². The highest BCUT2D eigenvalue weighted by Gasteiger charge is 1.93. The summed E-state index contributed by atoms with van der Waals surface area (Å²) in [6.45, 7) is 5.36. The Kier molecular flexibility index (Phi) is 2.49. The van der Waals surface area contributed by atoms with Gasteiger partial charge in [-0.2, -0.15) is 0 Å². The summed E-state index contributed by atoms with van der Waals surface area (Å²) in [5.74, 6) is 1.29. The van der Waals surface area contributed by atoms with Crippen molar-refractivity contribution in [2.75, 3.05) is 0 Å². The standard InChI is InChI=1S/C8H8ClNO/c1-6(2)11-7-3-4-8(9)10-5-7/h3-5H,1H2,2H3. The van der Waals surface area contributed by atoms with Crippen molar-refractivity contribution in [3.05, 3.63) is 35.8 Å². The third-order valence-corrected chi connectivity index (χ3v) is 1.22. The molecule has 0 N–H and O–H groups in total. The number of pyridine rings is 1. The first-order valence-electron chi connectivity index (χ1n) is 3.13. The molecule has 0 aromatic carbocycles. The highest BCUT2D eigenvalue weighted by molar-refractivity contribution is 6.29. The Balaban J connectivity index is 2.74. The van der Waals surface area contributed by atoms with Crippen LogP contribution in [0.5, 0.6) is 5.75 Å². The van der Waals surface area contributed by atoms with Crippen molar-refractivity contribution in [1.29, 1.82) is 0 Å². The third-order valence-electron chi connectivity index (χ3n) is 0.992. The normalized spacial score (nSPS) is 9.27. The zero-order valence-corrected chi connectivity index (χ0v) is 6.93. The van der Waals surface area contributed by atoms with Gasteiger partial charge in [0.1, 0.15) is 10.9 Å². The second-order valence-electron chi connectivity index (χ2n) is 2.12. The van der Waals surface area contributed by atoms with Crippen molar-refractivity contribution in [3.8, 4) is 5.75 Å². The minimum absolute atomic E-state index is 0.457. The maximum atomic E-state index is 5.56. The van der Waals surface area contributed by atoms with E-state index >= 15 is 0 Å². The maximum absolute atomic E-state index is 5.56. The Labute approximate surface area is 70.5 Å². The molecule has 0 radical (unpaired) electrons. The first-order chi connectivity index (χ1) is 5.18. The van der Waals surface area contributed by atoms with Gasteiger partial charge in [-0.15, -0.1) is 0 Å². The van der Waals surface area contributed by atoms with Gasteiger partial charge in [0.05, 0.1) is 12.0 Å². The lowest BCUT2D eigenvalue weighted by molar-refractivity contribution is 0.428. The van der Waals surface area contributed by atoms with Crippen molar-refractivity contribution in [2.24, 2.45) is 0 Å². The maximum Gasteiger partial charge on any atom is 0.145 e. The second-order valence-corrected chi connectivity index (χ2v) is 2.51. The molecule has 1 heterocycles. The van der Waals surface area contributed by atoms with Crippen LogP contribution in [-0.2, 0) is 0 Å². The molecular formula is C8H8ClNO. The predicted molar refractivity (Wildman–Crippen MR) is 44.7 cm³/mol. The van der Waals surface area contributed by atoms with Crippen molar-refractivity contribution >= 4 is 11.6 Å². The lowest BCUT2D eigenvalue weighted by atomic mass is 10.4. The molecule has 0 saturated heterocycles. The molecule has 0 aliphatic carbocycles. The molecule has 1 aromatic heterocycles. The van der Waals surface area contributed by atoms with Gasteiger partial charge in [-0.05, 0) is 19.1 Å². The van der Waals surface area contributed by atoms with Crippen molar-refractivity contribution in [3.63, 3.8) is 0 Å². The molecule has 0 fully saturated rings. The van der Waals surface area contributed by atoms with E-state index in [1.807, 2.05) is 0 Å². The summed E-state index contributed by atoms with van der Waals surface area (Å²) in [5, 5.41) is 0.457. The summed E-state index contributed by atoms with van der Waals surface area (Å²) in [5.41, 5.74) is 0. The average Bonchev–Trinajstić information content (AvgIpc) is 1.93. The minimum atomic E-state index is 0.457. The monoisotopic (exact) mass is 169 g/mol. The summed E-state index contributed by atoms with van der Waals surface area (Å²) >= 11 is 5.56. The van der Waals surface area contributed by atoms with E-state index < -0.39 is 0 Å². The van der Waals surface area contributed by atoms with E-state index in [0.29, 0.717) is 16.7 Å². The number of ether oxygens (including phenoxy) is 1. The molecular weight excluding hydrogens is 162 g/mol. The van der Waals surface area contributed by atoms with Gasteiger partial charge < -0.3 is 4.74 Å². The van der Waals surface area contributed by atoms with Gasteiger partial charge in [-0.25, -0.2) is 4.98 Å². The highest BCUT2D eigenvalue weighted by atomic mass is 35.5. The van der Waals surface area contributed by atoms with E-state index in [2.05, 4.69) is 11.6 Å². The SMILES string of the molecule is C=C(C)Oc1ccc(Cl)nc1. The molecule has 0 aliphatic heterocycles. The zero-order chi connectivity index (χ0) is 8.27. The number of allylic oxidation sites excluding steroid dienone is 1. The number of hydrogen-bond donors (Lipinski definition) is 0. The Bertz CT molecular complexity index is 255. The van der Waals surface area contributed by atoms with E-state index in [1.165, 1.54) is 0 Å². The summed E-state index contributed by atoms with van der Waals surface area (Å²) in [4.78, 5) is 3.83. The fraction of sp³-hybridized carbons (Fsp3) is 0.125. The van der Waals surface area contributed by atoms with Crippen molar-refractivity contribution < 1.29 is 4.74 Å². The van der Waals surface area contributed by atoms with Crippen LogP contribution in [0.1, 0.15) is 6.92 Å². The molecule has 0 saturated carbocycles. The quantitative estimate of drug-likeness (QED) is 0.502. The molecule has 0 atom stereocenters. The van der Waals surface area contributed by atoms with Crippen molar-refractivity contribution in [2.45, 2.75) is 6.92 Å². The molecule has 11 heavy (non-hydrogen) atoms. The lowest BCUT2D eigenvalue weighted by Gasteiger charge is -2.02. The van der Waals surface area contributed by atoms with E-state index in [0.717, 1.165) is 0 Å². The molecule has 1 aromatic rings. The van der Waals surface area contributed by atoms with Crippen LogP contribution in [0.15, 0.2) is 30.7 Å². The largest absolute Gasteiger partial charge is 0.461 e. The van der Waals surface area contributed by atoms with Crippen LogP contribution in [0.4, 0.5) is 0 Å². The minimum Gasteiger partial charge on any atom is -0.461 e. The molecule has 0 bridgehead atoms. The fourth-order valence-electron chi connectivity index (χ4n) is 0.624. The Morgan fingerprint density at radius 1 is 1.64 bits per heavy atom. The number of hydrogen-bond acceptors (Lipinski definition) is 2. The summed E-state index contributed by atoms with van der Waals surface area (Å²) < 4.78 is 5.15. The van der Waals surface area contributed by atoms with Crippen LogP contribution in [0.25, 0.3) is 0 Å². The zero-order valence-electron chi connectivity index (χ0n) is 6.17. The first kappa shape index (κ1) is 8.08. The Morgan fingerprint density at radius 2 is 2.36 bits per heavy atom. The summed E-state index contributed by atoms with van der Waals surface area (Å²) in [6, 6.07) is 3.41. The predicted octanol–water partition coefficient (Wildman–Crippen LogP) is 2.65. The molecule has 0 spiro atoms. The van der Waals surface area contributed by atoms with Gasteiger partial charge >= 0.3 is 0 Å². The van der Waals surface area contributed by atoms with Crippen LogP contribution < -0.4 is 4.74 Å². The molecule has 0 aliphatic rings. The van der Waals surface area contributed by atoms with Crippen LogP contribution in [0, 0.1) is 0 Å². The van der Waals surface area contributed by atoms with E-state index in [-0.39, 0.29) is 0 Å². The fourth-order valence-corrected chi connectivity index (χ4v) is 0.736. The lowest BCUT2D eigenvalue weighted by Crippen LogP contribution is -1.88. The van der Waals surface area contributed by atoms with E-state index in [9.17, 15) is 0 Å². The number of rotatable bonds is 2. The van der Waals surface area contributed by atoms with Gasteiger partial charge in [-0.1, -0.05) is 18.2 Å². The highest BCUT2D eigenvalue weighted by Crippen LogP contribution is 2.13. The van der Waals surface area contributed by atoms with E-state index in [1.54, 1.807) is 25.3 Å². The number of halogens is 1. The summed E-state index contributed by atoms with van der Waals surface area (Å²) in [7, 11) is 0. The van der Waals surface area contributed by atoms with Gasteiger partial charge in [0.2, 0.25) is 0 Å². The van der Waals surface area contributed by atoms with Gasteiger partial charge in [0.25, 0.3) is 0 Å². The van der Waals surface area contributed by atoms with E-state index in [4.69, 9.17) is 16.3 Å². The number of aromatic nitrogens is 1. The van der Waals surface area contributed by atoms with Crippen molar-refractivity contribution in [1.82, 2.24) is 4.98 Å². The van der Waals surface area contributed by atoms with Crippen LogP contribution in [-0.4, -0.2) is 4.98 Å².